The van der Waals surface area contributed by atoms with E-state index in [1.54, 1.807) is 0 Å². The number of aromatic amines is 1. The van der Waals surface area contributed by atoms with Crippen LogP contribution in [0.3, 0.4) is 0 Å². The number of hydrogen-bond acceptors (Lipinski definition) is 1. The van der Waals surface area contributed by atoms with Gasteiger partial charge in [-0.3, -0.25) is 5.10 Å². The number of rotatable bonds is 4. The molecule has 0 saturated carbocycles. The fourth-order valence-corrected chi connectivity index (χ4v) is 1.21. The molecule has 0 saturated heterocycles. The van der Waals surface area contributed by atoms with E-state index in [1.807, 2.05) is 6.20 Å². The molecular formula is C9H16N2. The van der Waals surface area contributed by atoms with Gasteiger partial charge in [-0.2, -0.15) is 5.10 Å². The third-order valence-electron chi connectivity index (χ3n) is 2.04. The summed E-state index contributed by atoms with van der Waals surface area (Å²) >= 11 is 0. The molecule has 0 radical (unpaired) electrons. The molecule has 1 atom stereocenters. The van der Waals surface area contributed by atoms with Crippen LogP contribution < -0.4 is 0 Å². The van der Waals surface area contributed by atoms with Gasteiger partial charge in [0.05, 0.1) is 0 Å². The molecule has 1 N–H and O–H groups in total. The fraction of sp³-hybridized carbons (Fsp3) is 0.667. The first-order valence-electron chi connectivity index (χ1n) is 4.34. The lowest BCUT2D eigenvalue weighted by Crippen LogP contribution is -1.93. The lowest BCUT2D eigenvalue weighted by Gasteiger charge is -2.06. The molecule has 0 bridgehead atoms. The first-order chi connectivity index (χ1) is 5.34. The van der Waals surface area contributed by atoms with Gasteiger partial charge in [0, 0.05) is 11.9 Å². The predicted molar refractivity (Wildman–Crippen MR) is 46.5 cm³/mol. The van der Waals surface area contributed by atoms with Crippen molar-refractivity contribution in [2.24, 2.45) is 0 Å². The van der Waals surface area contributed by atoms with Crippen LogP contribution in [-0.4, -0.2) is 10.2 Å². The van der Waals surface area contributed by atoms with Crippen molar-refractivity contribution in [3.63, 3.8) is 0 Å². The number of hydrogen-bond donors (Lipinski definition) is 1. The molecule has 0 amide bonds. The summed E-state index contributed by atoms with van der Waals surface area (Å²) < 4.78 is 0. The van der Waals surface area contributed by atoms with Crippen LogP contribution >= 0.6 is 0 Å². The predicted octanol–water partition coefficient (Wildman–Crippen LogP) is 2.70. The summed E-state index contributed by atoms with van der Waals surface area (Å²) in [5, 5.41) is 6.92. The molecule has 0 aromatic carbocycles. The topological polar surface area (TPSA) is 28.7 Å². The summed E-state index contributed by atoms with van der Waals surface area (Å²) in [7, 11) is 0. The Morgan fingerprint density at radius 2 is 2.45 bits per heavy atom. The smallest absolute Gasteiger partial charge is 0.0490 e. The molecule has 0 fully saturated rings. The van der Waals surface area contributed by atoms with Gasteiger partial charge in [-0.25, -0.2) is 0 Å². The van der Waals surface area contributed by atoms with Crippen LogP contribution in [0.4, 0.5) is 0 Å². The van der Waals surface area contributed by atoms with Gasteiger partial charge in [0.25, 0.3) is 0 Å². The summed E-state index contributed by atoms with van der Waals surface area (Å²) in [6, 6.07) is 2.06. The van der Waals surface area contributed by atoms with Crippen LogP contribution in [0.15, 0.2) is 12.3 Å². The zero-order chi connectivity index (χ0) is 8.10. The van der Waals surface area contributed by atoms with Gasteiger partial charge in [-0.05, 0) is 18.4 Å². The van der Waals surface area contributed by atoms with Gasteiger partial charge in [0.2, 0.25) is 0 Å². The van der Waals surface area contributed by atoms with E-state index in [-0.39, 0.29) is 0 Å². The van der Waals surface area contributed by atoms with E-state index in [1.165, 1.54) is 25.0 Å². The summed E-state index contributed by atoms with van der Waals surface area (Å²) in [5.41, 5.74) is 1.26. The molecule has 11 heavy (non-hydrogen) atoms. The van der Waals surface area contributed by atoms with Crippen molar-refractivity contribution in [1.82, 2.24) is 10.2 Å². The molecule has 0 spiro atoms. The van der Waals surface area contributed by atoms with Gasteiger partial charge < -0.3 is 0 Å². The molecule has 1 aromatic heterocycles. The highest BCUT2D eigenvalue weighted by Crippen LogP contribution is 2.18. The van der Waals surface area contributed by atoms with Crippen LogP contribution in [-0.2, 0) is 0 Å². The second-order valence-corrected chi connectivity index (χ2v) is 3.06. The van der Waals surface area contributed by atoms with E-state index in [2.05, 4.69) is 30.1 Å². The van der Waals surface area contributed by atoms with Crippen molar-refractivity contribution in [2.45, 2.75) is 39.0 Å². The minimum atomic E-state index is 0.637. The second-order valence-electron chi connectivity index (χ2n) is 3.06. The molecule has 1 rings (SSSR count). The molecule has 2 nitrogen and oxygen atoms in total. The Morgan fingerprint density at radius 1 is 1.64 bits per heavy atom. The monoisotopic (exact) mass is 152 g/mol. The van der Waals surface area contributed by atoms with E-state index < -0.39 is 0 Å². The third-order valence-corrected chi connectivity index (χ3v) is 2.04. The standard InChI is InChI=1S/C9H16N2/c1-3-4-5-8(2)9-6-7-10-11-9/h6-8H,3-5H2,1-2H3,(H,10,11). The van der Waals surface area contributed by atoms with E-state index in [0.717, 1.165) is 0 Å². The molecule has 62 valence electrons. The molecule has 0 aliphatic heterocycles. The van der Waals surface area contributed by atoms with Crippen LogP contribution in [0.5, 0.6) is 0 Å². The highest BCUT2D eigenvalue weighted by atomic mass is 15.1. The number of H-pyrrole nitrogens is 1. The molecule has 1 heterocycles. The summed E-state index contributed by atoms with van der Waals surface area (Å²) in [4.78, 5) is 0. The number of unbranched alkanes of at least 4 members (excludes halogenated alkanes) is 1. The largest absolute Gasteiger partial charge is 0.282 e. The van der Waals surface area contributed by atoms with Crippen molar-refractivity contribution in [2.75, 3.05) is 0 Å². The Morgan fingerprint density at radius 3 is 3.00 bits per heavy atom. The molecule has 1 unspecified atom stereocenters. The van der Waals surface area contributed by atoms with E-state index in [4.69, 9.17) is 0 Å². The fourth-order valence-electron chi connectivity index (χ4n) is 1.21. The van der Waals surface area contributed by atoms with Crippen molar-refractivity contribution >= 4 is 0 Å². The molecule has 0 aliphatic rings. The first kappa shape index (κ1) is 8.31. The number of nitrogens with one attached hydrogen (secondary N) is 1. The lowest BCUT2D eigenvalue weighted by atomic mass is 10.0. The third kappa shape index (κ3) is 2.37. The van der Waals surface area contributed by atoms with Gasteiger partial charge in [0.1, 0.15) is 0 Å². The molecule has 1 aromatic rings. The first-order valence-corrected chi connectivity index (χ1v) is 4.34. The van der Waals surface area contributed by atoms with Crippen molar-refractivity contribution in [3.05, 3.63) is 18.0 Å². The Labute approximate surface area is 68.0 Å². The Balaban J connectivity index is 2.36. The van der Waals surface area contributed by atoms with E-state index in [0.29, 0.717) is 5.92 Å². The zero-order valence-corrected chi connectivity index (χ0v) is 7.30. The molecular weight excluding hydrogens is 136 g/mol. The molecule has 0 aliphatic carbocycles. The van der Waals surface area contributed by atoms with Crippen LogP contribution in [0.25, 0.3) is 0 Å². The van der Waals surface area contributed by atoms with Gasteiger partial charge in [0.15, 0.2) is 0 Å². The van der Waals surface area contributed by atoms with Crippen LogP contribution in [0.2, 0.25) is 0 Å². The number of aromatic nitrogens is 2. The van der Waals surface area contributed by atoms with Gasteiger partial charge in [-0.1, -0.05) is 26.7 Å². The maximum atomic E-state index is 3.93. The minimum Gasteiger partial charge on any atom is -0.282 e. The quantitative estimate of drug-likeness (QED) is 0.706. The summed E-state index contributed by atoms with van der Waals surface area (Å²) in [5.74, 6) is 0.637. The summed E-state index contributed by atoms with van der Waals surface area (Å²) in [6.07, 6.45) is 5.66. The van der Waals surface area contributed by atoms with E-state index >= 15 is 0 Å². The minimum absolute atomic E-state index is 0.637. The van der Waals surface area contributed by atoms with Crippen molar-refractivity contribution in [1.29, 1.82) is 0 Å². The molecule has 2 heteroatoms. The Kier molecular flexibility index (Phi) is 3.14. The number of nitrogens with zero attached hydrogens (tertiary/aromatic N) is 1. The highest BCUT2D eigenvalue weighted by molar-refractivity contribution is 5.03. The second kappa shape index (κ2) is 4.16. The maximum Gasteiger partial charge on any atom is 0.0490 e. The zero-order valence-electron chi connectivity index (χ0n) is 7.30. The Bertz CT molecular complexity index is 179. The van der Waals surface area contributed by atoms with Crippen molar-refractivity contribution < 1.29 is 0 Å². The average molecular weight is 152 g/mol. The average Bonchev–Trinajstić information content (AvgIpc) is 2.52. The van der Waals surface area contributed by atoms with Crippen molar-refractivity contribution in [3.8, 4) is 0 Å². The van der Waals surface area contributed by atoms with Gasteiger partial charge >= 0.3 is 0 Å². The van der Waals surface area contributed by atoms with Crippen LogP contribution in [0, 0.1) is 0 Å². The lowest BCUT2D eigenvalue weighted by molar-refractivity contribution is 0.610. The summed E-state index contributed by atoms with van der Waals surface area (Å²) in [6.45, 7) is 4.46. The SMILES string of the molecule is CCCCC(C)c1ccn[nH]1. The van der Waals surface area contributed by atoms with Gasteiger partial charge in [-0.15, -0.1) is 0 Å². The maximum absolute atomic E-state index is 3.93. The highest BCUT2D eigenvalue weighted by Gasteiger charge is 2.04. The van der Waals surface area contributed by atoms with Crippen LogP contribution in [0.1, 0.15) is 44.7 Å². The Hall–Kier alpha value is -0.790. The normalized spacial score (nSPS) is 13.3. The van der Waals surface area contributed by atoms with E-state index in [9.17, 15) is 0 Å².